The van der Waals surface area contributed by atoms with Crippen LogP contribution in [0.5, 0.6) is 11.5 Å². The lowest BCUT2D eigenvalue weighted by Crippen LogP contribution is -2.31. The van der Waals surface area contributed by atoms with Crippen molar-refractivity contribution in [3.05, 3.63) is 22.3 Å². The van der Waals surface area contributed by atoms with Crippen LogP contribution >= 0.6 is 0 Å². The second kappa shape index (κ2) is 12.2. The van der Waals surface area contributed by atoms with E-state index >= 15 is 0 Å². The van der Waals surface area contributed by atoms with E-state index in [1.165, 1.54) is 63.4 Å². The highest BCUT2D eigenvalue weighted by Gasteiger charge is 2.30. The Balaban J connectivity index is 1.73. The van der Waals surface area contributed by atoms with E-state index in [1.54, 1.807) is 0 Å². The van der Waals surface area contributed by atoms with Crippen LogP contribution in [0.4, 0.5) is 0 Å². The predicted octanol–water partition coefficient (Wildman–Crippen LogP) is 8.70. The van der Waals surface area contributed by atoms with Crippen LogP contribution in [0.1, 0.15) is 115 Å². The Morgan fingerprint density at radius 3 is 1.94 bits per heavy atom. The van der Waals surface area contributed by atoms with Gasteiger partial charge in [0.1, 0.15) is 11.5 Å². The van der Waals surface area contributed by atoms with Crippen molar-refractivity contribution in [1.82, 2.24) is 0 Å². The molecule has 0 radical (unpaired) electrons. The lowest BCUT2D eigenvalue weighted by atomic mass is 9.82. The normalized spacial score (nSPS) is 20.4. The fraction of sp³-hybridized carbons (Fsp3) is 0.793. The van der Waals surface area contributed by atoms with Gasteiger partial charge in [0.25, 0.3) is 0 Å². The van der Waals surface area contributed by atoms with Crippen LogP contribution in [0.2, 0.25) is 0 Å². The van der Waals surface area contributed by atoms with Crippen molar-refractivity contribution in [1.29, 1.82) is 0 Å². The fourth-order valence-corrected chi connectivity index (χ4v) is 5.33. The lowest BCUT2D eigenvalue weighted by Gasteiger charge is -2.34. The number of phenols is 1. The summed E-state index contributed by atoms with van der Waals surface area (Å²) in [6.45, 7) is 17.9. The minimum atomic E-state index is 0.261. The molecule has 1 N–H and O–H groups in total. The molecule has 1 aromatic rings. The number of rotatable bonds is 12. The maximum absolute atomic E-state index is 10.5. The molecular formula is C29H50O2. The highest BCUT2D eigenvalue weighted by molar-refractivity contribution is 5.58. The predicted molar refractivity (Wildman–Crippen MR) is 134 cm³/mol. The van der Waals surface area contributed by atoms with Crippen LogP contribution in [-0.2, 0) is 6.42 Å². The van der Waals surface area contributed by atoms with Crippen molar-refractivity contribution in [2.24, 2.45) is 23.7 Å². The average Bonchev–Trinajstić information content (AvgIpc) is 2.71. The number of phenolic OH excluding ortho intramolecular Hbond substituents is 1. The van der Waals surface area contributed by atoms with Crippen molar-refractivity contribution in [3.8, 4) is 11.5 Å². The summed E-state index contributed by atoms with van der Waals surface area (Å²) in [6.07, 6.45) is 13.5. The third-order valence-electron chi connectivity index (χ3n) is 7.92. The molecule has 1 aromatic carbocycles. The van der Waals surface area contributed by atoms with E-state index in [1.807, 2.05) is 13.8 Å². The molecular weight excluding hydrogens is 380 g/mol. The van der Waals surface area contributed by atoms with Gasteiger partial charge in [-0.05, 0) is 80.9 Å². The molecule has 0 fully saturated rings. The van der Waals surface area contributed by atoms with E-state index in [2.05, 4.69) is 41.5 Å². The van der Waals surface area contributed by atoms with Gasteiger partial charge in [-0.2, -0.15) is 0 Å². The van der Waals surface area contributed by atoms with E-state index in [-0.39, 0.29) is 6.10 Å². The van der Waals surface area contributed by atoms with E-state index < -0.39 is 0 Å². The molecule has 1 aliphatic heterocycles. The van der Waals surface area contributed by atoms with Crippen LogP contribution in [0.25, 0.3) is 0 Å². The summed E-state index contributed by atoms with van der Waals surface area (Å²) in [4.78, 5) is 0. The summed E-state index contributed by atoms with van der Waals surface area (Å²) in [5.74, 6) is 4.61. The SMILES string of the molecule is Cc1c(C)c2c(c(C)c1O)C[C@H](CCC[C@H](C)CCC[C@H](C)CCCC(C)C)[C@H](C)O2. The third kappa shape index (κ3) is 7.43. The molecule has 2 nitrogen and oxygen atoms in total. The topological polar surface area (TPSA) is 29.5 Å². The first kappa shape index (κ1) is 26.1. The molecule has 31 heavy (non-hydrogen) atoms. The Kier molecular flexibility index (Phi) is 10.2. The first-order chi connectivity index (χ1) is 14.6. The molecule has 0 saturated heterocycles. The maximum atomic E-state index is 10.5. The number of fused-ring (bicyclic) bond motifs is 1. The van der Waals surface area contributed by atoms with E-state index in [0.29, 0.717) is 11.7 Å². The smallest absolute Gasteiger partial charge is 0.126 e. The molecule has 2 rings (SSSR count). The number of ether oxygens (including phenoxy) is 1. The standard InChI is InChI=1S/C29H50O2/c1-19(2)12-9-13-20(3)14-10-15-21(4)16-11-17-26-18-27-24(7)28(30)22(5)23(6)29(27)31-25(26)8/h19-21,25-26,30H,9-18H2,1-8H3/t20-,21-,25+,26+/m1/s1. The molecule has 1 aliphatic rings. The van der Waals surface area contributed by atoms with Gasteiger partial charge < -0.3 is 9.84 Å². The van der Waals surface area contributed by atoms with Crippen LogP contribution in [0, 0.1) is 44.4 Å². The summed E-state index contributed by atoms with van der Waals surface area (Å²) in [5.41, 5.74) is 4.33. The largest absolute Gasteiger partial charge is 0.507 e. The highest BCUT2D eigenvalue weighted by Crippen LogP contribution is 2.43. The van der Waals surface area contributed by atoms with Gasteiger partial charge in [-0.25, -0.2) is 0 Å². The third-order valence-corrected chi connectivity index (χ3v) is 7.92. The second-order valence-corrected chi connectivity index (χ2v) is 11.2. The Morgan fingerprint density at radius 2 is 1.35 bits per heavy atom. The van der Waals surface area contributed by atoms with Crippen LogP contribution in [0.3, 0.4) is 0 Å². The fourth-order valence-electron chi connectivity index (χ4n) is 5.33. The van der Waals surface area contributed by atoms with Gasteiger partial charge in [0.05, 0.1) is 6.10 Å². The zero-order chi connectivity index (χ0) is 23.1. The van der Waals surface area contributed by atoms with Crippen molar-refractivity contribution in [3.63, 3.8) is 0 Å². The Morgan fingerprint density at radius 1 is 0.806 bits per heavy atom. The zero-order valence-electron chi connectivity index (χ0n) is 21.8. The second-order valence-electron chi connectivity index (χ2n) is 11.2. The Labute approximate surface area is 193 Å². The van der Waals surface area contributed by atoms with Gasteiger partial charge in [0, 0.05) is 5.56 Å². The van der Waals surface area contributed by atoms with Crippen LogP contribution in [0.15, 0.2) is 0 Å². The summed E-state index contributed by atoms with van der Waals surface area (Å²) in [7, 11) is 0. The Bertz CT molecular complexity index is 691. The molecule has 0 aliphatic carbocycles. The van der Waals surface area contributed by atoms with Gasteiger partial charge in [-0.3, -0.25) is 0 Å². The molecule has 1 heterocycles. The zero-order valence-corrected chi connectivity index (χ0v) is 21.8. The minimum Gasteiger partial charge on any atom is -0.507 e. The molecule has 178 valence electrons. The lowest BCUT2D eigenvalue weighted by molar-refractivity contribution is 0.119. The summed E-state index contributed by atoms with van der Waals surface area (Å²) in [6, 6.07) is 0. The van der Waals surface area contributed by atoms with Crippen molar-refractivity contribution in [2.75, 3.05) is 0 Å². The monoisotopic (exact) mass is 430 g/mol. The van der Waals surface area contributed by atoms with Gasteiger partial charge in [-0.1, -0.05) is 79.1 Å². The van der Waals surface area contributed by atoms with Gasteiger partial charge in [-0.15, -0.1) is 0 Å². The van der Waals surface area contributed by atoms with E-state index in [0.717, 1.165) is 46.6 Å². The summed E-state index contributed by atoms with van der Waals surface area (Å²) in [5, 5.41) is 10.5. The molecule has 0 aromatic heterocycles. The van der Waals surface area contributed by atoms with Crippen LogP contribution in [-0.4, -0.2) is 11.2 Å². The van der Waals surface area contributed by atoms with Gasteiger partial charge in [0.15, 0.2) is 0 Å². The highest BCUT2D eigenvalue weighted by atomic mass is 16.5. The molecule has 0 amide bonds. The van der Waals surface area contributed by atoms with Crippen molar-refractivity contribution < 1.29 is 9.84 Å². The molecule has 0 bridgehead atoms. The van der Waals surface area contributed by atoms with Crippen molar-refractivity contribution >= 4 is 0 Å². The molecule has 0 spiro atoms. The van der Waals surface area contributed by atoms with Crippen LogP contribution < -0.4 is 4.74 Å². The van der Waals surface area contributed by atoms with E-state index in [9.17, 15) is 5.11 Å². The molecule has 0 unspecified atom stereocenters. The summed E-state index contributed by atoms with van der Waals surface area (Å²) >= 11 is 0. The number of aromatic hydroxyl groups is 1. The van der Waals surface area contributed by atoms with Crippen molar-refractivity contribution in [2.45, 2.75) is 126 Å². The summed E-state index contributed by atoms with van der Waals surface area (Å²) < 4.78 is 6.38. The van der Waals surface area contributed by atoms with Gasteiger partial charge in [0.2, 0.25) is 0 Å². The molecule has 2 heteroatoms. The first-order valence-corrected chi connectivity index (χ1v) is 13.1. The molecule has 4 atom stereocenters. The minimum absolute atomic E-state index is 0.261. The van der Waals surface area contributed by atoms with Gasteiger partial charge >= 0.3 is 0 Å². The number of hydrogen-bond acceptors (Lipinski definition) is 2. The number of hydrogen-bond donors (Lipinski definition) is 1. The Hall–Kier alpha value is -1.18. The maximum Gasteiger partial charge on any atom is 0.126 e. The number of benzene rings is 1. The first-order valence-electron chi connectivity index (χ1n) is 13.1. The molecule has 0 saturated carbocycles. The quantitative estimate of drug-likeness (QED) is 0.359. The van der Waals surface area contributed by atoms with E-state index in [4.69, 9.17) is 4.74 Å². The average molecular weight is 431 g/mol.